The van der Waals surface area contributed by atoms with Gasteiger partial charge in [0.2, 0.25) is 12.6 Å². The monoisotopic (exact) mass is 372 g/mol. The molecule has 0 radical (unpaired) electrons. The lowest BCUT2D eigenvalue weighted by Crippen LogP contribution is -2.18. The van der Waals surface area contributed by atoms with Gasteiger partial charge in [0, 0.05) is 25.0 Å². The van der Waals surface area contributed by atoms with Crippen LogP contribution in [-0.4, -0.2) is 34.7 Å². The molecule has 6 heteroatoms. The van der Waals surface area contributed by atoms with Crippen LogP contribution in [0.2, 0.25) is 0 Å². The second kappa shape index (κ2) is 17.0. The van der Waals surface area contributed by atoms with Crippen LogP contribution < -0.4 is 0 Å². The van der Waals surface area contributed by atoms with E-state index in [2.05, 4.69) is 13.8 Å². The Kier molecular flexibility index (Phi) is 16.1. The van der Waals surface area contributed by atoms with E-state index >= 15 is 0 Å². The topological polar surface area (TPSA) is 93.1 Å². The molecule has 6 nitrogen and oxygen atoms in total. The van der Waals surface area contributed by atoms with E-state index in [0.717, 1.165) is 76.4 Å². The van der Waals surface area contributed by atoms with Gasteiger partial charge in [0.1, 0.15) is 0 Å². The van der Waals surface area contributed by atoms with Gasteiger partial charge in [-0.2, -0.15) is 0 Å². The molecule has 0 fully saturated rings. The van der Waals surface area contributed by atoms with E-state index in [9.17, 15) is 19.8 Å². The largest absolute Gasteiger partial charge is 0.433 e. The van der Waals surface area contributed by atoms with E-state index in [1.54, 1.807) is 0 Å². The zero-order valence-corrected chi connectivity index (χ0v) is 16.3. The number of aliphatic hydroxyl groups is 2. The second-order valence-electron chi connectivity index (χ2n) is 6.52. The van der Waals surface area contributed by atoms with Crippen molar-refractivity contribution in [3.05, 3.63) is 12.2 Å². The van der Waals surface area contributed by atoms with Gasteiger partial charge in [-0.1, -0.05) is 65.2 Å². The molecule has 0 aromatic heterocycles. The van der Waals surface area contributed by atoms with Crippen LogP contribution in [0, 0.1) is 0 Å². The van der Waals surface area contributed by atoms with Crippen LogP contribution in [0.3, 0.4) is 0 Å². The Balaban J connectivity index is 3.84. The summed E-state index contributed by atoms with van der Waals surface area (Å²) in [5.41, 5.74) is 0. The summed E-state index contributed by atoms with van der Waals surface area (Å²) in [4.78, 5) is 23.0. The molecular formula is C20H36O6. The van der Waals surface area contributed by atoms with Gasteiger partial charge in [0.15, 0.2) is 0 Å². The van der Waals surface area contributed by atoms with E-state index < -0.39 is 24.5 Å². The second-order valence-corrected chi connectivity index (χ2v) is 6.52. The lowest BCUT2D eigenvalue weighted by atomic mass is 10.1. The van der Waals surface area contributed by atoms with Crippen LogP contribution in [0.4, 0.5) is 0 Å². The van der Waals surface area contributed by atoms with Crippen LogP contribution in [0.25, 0.3) is 0 Å². The van der Waals surface area contributed by atoms with Crippen LogP contribution in [0.15, 0.2) is 12.2 Å². The lowest BCUT2D eigenvalue weighted by molar-refractivity contribution is -0.165. The first-order valence-electron chi connectivity index (χ1n) is 9.95. The molecule has 2 atom stereocenters. The molecule has 0 aromatic rings. The quantitative estimate of drug-likeness (QED) is 0.184. The highest BCUT2D eigenvalue weighted by molar-refractivity contribution is 5.91. The predicted octanol–water partition coefficient (Wildman–Crippen LogP) is 3.99. The summed E-state index contributed by atoms with van der Waals surface area (Å²) in [6.45, 7) is 4.25. The average molecular weight is 373 g/mol. The van der Waals surface area contributed by atoms with Gasteiger partial charge >= 0.3 is 11.9 Å². The van der Waals surface area contributed by atoms with E-state index in [4.69, 9.17) is 9.47 Å². The van der Waals surface area contributed by atoms with Gasteiger partial charge in [-0.05, 0) is 12.8 Å². The van der Waals surface area contributed by atoms with E-state index in [-0.39, 0.29) is 0 Å². The van der Waals surface area contributed by atoms with Gasteiger partial charge in [0.05, 0.1) is 0 Å². The van der Waals surface area contributed by atoms with Crippen molar-refractivity contribution >= 4 is 11.9 Å². The van der Waals surface area contributed by atoms with Gasteiger partial charge in [0.25, 0.3) is 0 Å². The highest BCUT2D eigenvalue weighted by atomic mass is 16.6. The normalized spacial score (nSPS) is 13.5. The van der Waals surface area contributed by atoms with Crippen molar-refractivity contribution in [3.63, 3.8) is 0 Å². The fourth-order valence-electron chi connectivity index (χ4n) is 2.45. The fraction of sp³-hybridized carbons (Fsp3) is 0.800. The number of esters is 2. The molecule has 0 saturated heterocycles. The molecule has 0 aliphatic carbocycles. The fourth-order valence-corrected chi connectivity index (χ4v) is 2.45. The highest BCUT2D eigenvalue weighted by Gasteiger charge is 2.11. The van der Waals surface area contributed by atoms with Crippen LogP contribution in [0.5, 0.6) is 0 Å². The van der Waals surface area contributed by atoms with Crippen LogP contribution >= 0.6 is 0 Å². The van der Waals surface area contributed by atoms with Crippen LogP contribution in [-0.2, 0) is 19.1 Å². The maximum Gasteiger partial charge on any atom is 0.333 e. The summed E-state index contributed by atoms with van der Waals surface area (Å²) in [6.07, 6.45) is 10.6. The molecule has 26 heavy (non-hydrogen) atoms. The van der Waals surface area contributed by atoms with Gasteiger partial charge in [-0.3, -0.25) is 0 Å². The number of carbonyl (C=O) groups excluding carboxylic acids is 2. The number of ether oxygens (including phenoxy) is 2. The zero-order valence-electron chi connectivity index (χ0n) is 16.3. The standard InChI is InChI=1S/C20H36O6/c1-3-5-7-9-11-13-17(21)25-19(23)15-16-20(24)26-18(22)14-12-10-8-6-4-2/h15-18,21-22H,3-14H2,1-2H3/b16-15-. The number of carbonyl (C=O) groups is 2. The third-order valence-corrected chi connectivity index (χ3v) is 3.97. The molecule has 0 rings (SSSR count). The zero-order chi connectivity index (χ0) is 19.6. The summed E-state index contributed by atoms with van der Waals surface area (Å²) in [7, 11) is 0. The molecule has 2 N–H and O–H groups in total. The maximum atomic E-state index is 11.5. The van der Waals surface area contributed by atoms with E-state index in [0.29, 0.717) is 12.8 Å². The van der Waals surface area contributed by atoms with Crippen molar-refractivity contribution in [2.24, 2.45) is 0 Å². The van der Waals surface area contributed by atoms with Gasteiger partial charge in [-0.15, -0.1) is 0 Å². The smallest absolute Gasteiger partial charge is 0.333 e. The predicted molar refractivity (Wildman–Crippen MR) is 100 cm³/mol. The molecule has 0 amide bonds. The molecule has 152 valence electrons. The Bertz CT molecular complexity index is 358. The first-order chi connectivity index (χ1) is 12.5. The number of unbranched alkanes of at least 4 members (excludes halogenated alkanes) is 8. The Morgan fingerprint density at radius 1 is 0.692 bits per heavy atom. The number of hydrogen-bond donors (Lipinski definition) is 2. The number of aliphatic hydroxyl groups excluding tert-OH is 2. The van der Waals surface area contributed by atoms with Crippen molar-refractivity contribution in [1.29, 1.82) is 0 Å². The average Bonchev–Trinajstić information content (AvgIpc) is 2.59. The highest BCUT2D eigenvalue weighted by Crippen LogP contribution is 2.09. The molecule has 0 aromatic carbocycles. The van der Waals surface area contributed by atoms with Crippen molar-refractivity contribution in [3.8, 4) is 0 Å². The van der Waals surface area contributed by atoms with Crippen molar-refractivity contribution in [2.75, 3.05) is 0 Å². The maximum absolute atomic E-state index is 11.5. The van der Waals surface area contributed by atoms with Gasteiger partial charge < -0.3 is 19.7 Å². The van der Waals surface area contributed by atoms with Crippen LogP contribution in [0.1, 0.15) is 90.9 Å². The SMILES string of the molecule is CCCCCCCC(O)OC(=O)/C=C\C(=O)OC(O)CCCCCCC. The molecule has 0 aliphatic rings. The minimum atomic E-state index is -1.17. The molecule has 0 saturated carbocycles. The third kappa shape index (κ3) is 16.1. The molecule has 2 unspecified atom stereocenters. The minimum Gasteiger partial charge on any atom is -0.433 e. The van der Waals surface area contributed by atoms with Gasteiger partial charge in [-0.25, -0.2) is 9.59 Å². The molecule has 0 aliphatic heterocycles. The first-order valence-corrected chi connectivity index (χ1v) is 9.95. The Morgan fingerprint density at radius 2 is 1.04 bits per heavy atom. The van der Waals surface area contributed by atoms with Crippen molar-refractivity contribution in [1.82, 2.24) is 0 Å². The number of hydrogen-bond acceptors (Lipinski definition) is 6. The Hall–Kier alpha value is -1.40. The Morgan fingerprint density at radius 3 is 1.38 bits per heavy atom. The third-order valence-electron chi connectivity index (χ3n) is 3.97. The lowest BCUT2D eigenvalue weighted by Gasteiger charge is -2.11. The minimum absolute atomic E-state index is 0.379. The number of rotatable bonds is 16. The van der Waals surface area contributed by atoms with E-state index in [1.807, 2.05) is 0 Å². The summed E-state index contributed by atoms with van der Waals surface area (Å²) < 4.78 is 9.55. The first kappa shape index (κ1) is 24.6. The van der Waals surface area contributed by atoms with Crippen molar-refractivity contribution in [2.45, 2.75) is 103 Å². The molecule has 0 bridgehead atoms. The van der Waals surface area contributed by atoms with Crippen molar-refractivity contribution < 1.29 is 29.3 Å². The summed E-state index contributed by atoms with van der Waals surface area (Å²) in [5.74, 6) is -1.62. The summed E-state index contributed by atoms with van der Waals surface area (Å²) >= 11 is 0. The summed E-state index contributed by atoms with van der Waals surface area (Å²) in [5, 5.41) is 19.2. The summed E-state index contributed by atoms with van der Waals surface area (Å²) in [6, 6.07) is 0. The Labute approximate surface area is 157 Å². The molecular weight excluding hydrogens is 336 g/mol. The van der Waals surface area contributed by atoms with E-state index in [1.165, 1.54) is 0 Å². The molecule has 0 spiro atoms. The molecule has 0 heterocycles.